The summed E-state index contributed by atoms with van der Waals surface area (Å²) in [5.41, 5.74) is 1.99. The Labute approximate surface area is 121 Å². The van der Waals surface area contributed by atoms with E-state index in [2.05, 4.69) is 6.07 Å². The molecule has 0 aliphatic heterocycles. The number of halogens is 2. The number of nitrogens with zero attached hydrogens (tertiary/aromatic N) is 1. The summed E-state index contributed by atoms with van der Waals surface area (Å²) < 4.78 is 12.1. The van der Waals surface area contributed by atoms with E-state index in [1.54, 1.807) is 24.5 Å². The van der Waals surface area contributed by atoms with Gasteiger partial charge in [0, 0.05) is 17.2 Å². The van der Waals surface area contributed by atoms with Gasteiger partial charge in [0.2, 0.25) is 0 Å². The zero-order valence-electron chi connectivity index (χ0n) is 9.24. The van der Waals surface area contributed by atoms with E-state index in [0.717, 1.165) is 11.1 Å². The SMILES string of the molecule is CS(=O)c1scc(-c2ccc(Cl)c(Cl)c2)c1C#N. The van der Waals surface area contributed by atoms with Crippen LogP contribution >= 0.6 is 34.5 Å². The molecule has 2 nitrogen and oxygen atoms in total. The lowest BCUT2D eigenvalue weighted by molar-refractivity contribution is 0.688. The van der Waals surface area contributed by atoms with Crippen LogP contribution in [-0.4, -0.2) is 10.5 Å². The fourth-order valence-corrected chi connectivity index (χ4v) is 3.71. The Bertz CT molecular complexity index is 673. The van der Waals surface area contributed by atoms with Gasteiger partial charge in [0.15, 0.2) is 0 Å². The Hall–Kier alpha value is -0.860. The first kappa shape index (κ1) is 13.6. The average Bonchev–Trinajstić information content (AvgIpc) is 2.76. The first-order valence-electron chi connectivity index (χ1n) is 4.85. The highest BCUT2D eigenvalue weighted by atomic mass is 35.5. The fourth-order valence-electron chi connectivity index (χ4n) is 1.53. The van der Waals surface area contributed by atoms with Crippen LogP contribution in [0.4, 0.5) is 0 Å². The predicted molar refractivity (Wildman–Crippen MR) is 76.8 cm³/mol. The van der Waals surface area contributed by atoms with Crippen LogP contribution < -0.4 is 0 Å². The topological polar surface area (TPSA) is 40.9 Å². The maximum absolute atomic E-state index is 11.5. The summed E-state index contributed by atoms with van der Waals surface area (Å²) in [7, 11) is -1.17. The van der Waals surface area contributed by atoms with Gasteiger partial charge in [-0.25, -0.2) is 0 Å². The number of hydrogen-bond acceptors (Lipinski definition) is 3. The Kier molecular flexibility index (Phi) is 4.08. The molecule has 1 unspecified atom stereocenters. The normalized spacial score (nSPS) is 12.1. The van der Waals surface area contributed by atoms with Gasteiger partial charge in [0.05, 0.1) is 26.4 Å². The van der Waals surface area contributed by atoms with E-state index in [-0.39, 0.29) is 0 Å². The summed E-state index contributed by atoms with van der Waals surface area (Å²) in [6.07, 6.45) is 1.56. The van der Waals surface area contributed by atoms with Crippen molar-refractivity contribution in [2.24, 2.45) is 0 Å². The van der Waals surface area contributed by atoms with Gasteiger partial charge < -0.3 is 0 Å². The van der Waals surface area contributed by atoms with Crippen molar-refractivity contribution in [3.8, 4) is 17.2 Å². The van der Waals surface area contributed by atoms with E-state index < -0.39 is 10.8 Å². The first-order valence-corrected chi connectivity index (χ1v) is 8.04. The Morgan fingerprint density at radius 3 is 2.61 bits per heavy atom. The third-order valence-electron chi connectivity index (χ3n) is 2.36. The molecule has 0 bridgehead atoms. The van der Waals surface area contributed by atoms with Crippen molar-refractivity contribution in [2.45, 2.75) is 4.21 Å². The standard InChI is InChI=1S/C12H7Cl2NOS2/c1-18(16)12-8(5-15)9(6-17-12)7-2-3-10(13)11(14)4-7/h2-4,6H,1H3. The zero-order chi connectivity index (χ0) is 13.3. The van der Waals surface area contributed by atoms with Crippen molar-refractivity contribution >= 4 is 45.3 Å². The second kappa shape index (κ2) is 5.41. The molecule has 6 heteroatoms. The highest BCUT2D eigenvalue weighted by Gasteiger charge is 2.16. The summed E-state index contributed by atoms with van der Waals surface area (Å²) in [6, 6.07) is 7.28. The van der Waals surface area contributed by atoms with Gasteiger partial charge in [-0.1, -0.05) is 29.3 Å². The molecule has 0 N–H and O–H groups in total. The van der Waals surface area contributed by atoms with Crippen LogP contribution in [0.1, 0.15) is 5.56 Å². The van der Waals surface area contributed by atoms with Gasteiger partial charge in [0.25, 0.3) is 0 Å². The van der Waals surface area contributed by atoms with Crippen LogP contribution in [0.15, 0.2) is 27.8 Å². The molecule has 0 radical (unpaired) electrons. The summed E-state index contributed by atoms with van der Waals surface area (Å²) in [4.78, 5) is 0. The molecule has 2 rings (SSSR count). The third-order valence-corrected chi connectivity index (χ3v) is 5.59. The van der Waals surface area contributed by atoms with Gasteiger partial charge in [-0.15, -0.1) is 11.3 Å². The molecule has 1 atom stereocenters. The lowest BCUT2D eigenvalue weighted by atomic mass is 10.1. The van der Waals surface area contributed by atoms with E-state index in [1.165, 1.54) is 11.3 Å². The predicted octanol–water partition coefficient (Wildman–Crippen LogP) is 4.33. The van der Waals surface area contributed by atoms with Crippen LogP contribution in [0, 0.1) is 11.3 Å². The van der Waals surface area contributed by atoms with Crippen molar-refractivity contribution < 1.29 is 4.21 Å². The number of rotatable bonds is 2. The molecule has 92 valence electrons. The molecule has 0 aliphatic rings. The molecule has 18 heavy (non-hydrogen) atoms. The van der Waals surface area contributed by atoms with Gasteiger partial charge in [0.1, 0.15) is 10.3 Å². The smallest absolute Gasteiger partial charge is 0.109 e. The number of benzene rings is 1. The zero-order valence-corrected chi connectivity index (χ0v) is 12.4. The maximum atomic E-state index is 11.5. The summed E-state index contributed by atoms with van der Waals surface area (Å²) in [5, 5.41) is 11.9. The van der Waals surface area contributed by atoms with Gasteiger partial charge >= 0.3 is 0 Å². The minimum absolute atomic E-state index is 0.434. The van der Waals surface area contributed by atoms with Crippen molar-refractivity contribution in [3.05, 3.63) is 39.2 Å². The van der Waals surface area contributed by atoms with Crippen molar-refractivity contribution in [1.29, 1.82) is 5.26 Å². The molecule has 0 saturated heterocycles. The minimum Gasteiger partial charge on any atom is -0.254 e. The molecule has 0 aliphatic carbocycles. The van der Waals surface area contributed by atoms with Crippen LogP contribution in [0.25, 0.3) is 11.1 Å². The largest absolute Gasteiger partial charge is 0.254 e. The molecule has 1 aromatic carbocycles. The van der Waals surface area contributed by atoms with Crippen LogP contribution in [0.2, 0.25) is 10.0 Å². The summed E-state index contributed by atoms with van der Waals surface area (Å²) >= 11 is 13.1. The molecule has 1 heterocycles. The van der Waals surface area contributed by atoms with E-state index in [9.17, 15) is 9.47 Å². The van der Waals surface area contributed by atoms with E-state index in [0.29, 0.717) is 19.8 Å². The van der Waals surface area contributed by atoms with E-state index >= 15 is 0 Å². The molecular weight excluding hydrogens is 309 g/mol. The highest BCUT2D eigenvalue weighted by molar-refractivity contribution is 7.86. The monoisotopic (exact) mass is 315 g/mol. The van der Waals surface area contributed by atoms with Crippen molar-refractivity contribution in [2.75, 3.05) is 6.26 Å². The number of nitriles is 1. The van der Waals surface area contributed by atoms with Crippen LogP contribution in [0.5, 0.6) is 0 Å². The quantitative estimate of drug-likeness (QED) is 0.827. The second-order valence-electron chi connectivity index (χ2n) is 3.51. The Morgan fingerprint density at radius 2 is 2.06 bits per heavy atom. The molecule has 1 aromatic heterocycles. The molecular formula is C12H7Cl2NOS2. The van der Waals surface area contributed by atoms with Crippen molar-refractivity contribution in [1.82, 2.24) is 0 Å². The Balaban J connectivity index is 2.61. The molecule has 0 fully saturated rings. The average molecular weight is 316 g/mol. The lowest BCUT2D eigenvalue weighted by Gasteiger charge is -2.02. The van der Waals surface area contributed by atoms with Crippen LogP contribution in [-0.2, 0) is 10.8 Å². The summed E-state index contributed by atoms with van der Waals surface area (Å²) in [6.45, 7) is 0. The summed E-state index contributed by atoms with van der Waals surface area (Å²) in [5.74, 6) is 0. The Morgan fingerprint density at radius 1 is 1.33 bits per heavy atom. The maximum Gasteiger partial charge on any atom is 0.109 e. The van der Waals surface area contributed by atoms with E-state index in [1.807, 2.05) is 5.38 Å². The highest BCUT2D eigenvalue weighted by Crippen LogP contribution is 2.35. The number of hydrogen-bond donors (Lipinski definition) is 0. The van der Waals surface area contributed by atoms with Crippen molar-refractivity contribution in [3.63, 3.8) is 0 Å². The molecule has 2 aromatic rings. The van der Waals surface area contributed by atoms with Gasteiger partial charge in [-0.3, -0.25) is 4.21 Å². The second-order valence-corrected chi connectivity index (χ2v) is 6.78. The van der Waals surface area contributed by atoms with Gasteiger partial charge in [-0.05, 0) is 17.7 Å². The van der Waals surface area contributed by atoms with E-state index in [4.69, 9.17) is 23.2 Å². The molecule has 0 amide bonds. The van der Waals surface area contributed by atoms with Crippen LogP contribution in [0.3, 0.4) is 0 Å². The minimum atomic E-state index is -1.17. The van der Waals surface area contributed by atoms with Gasteiger partial charge in [-0.2, -0.15) is 5.26 Å². The fraction of sp³-hybridized carbons (Fsp3) is 0.0833. The molecule has 0 spiro atoms. The third kappa shape index (κ3) is 2.45. The number of thiophene rings is 1. The molecule has 0 saturated carbocycles. The first-order chi connectivity index (χ1) is 8.54. The lowest BCUT2D eigenvalue weighted by Crippen LogP contribution is -1.88.